The molecule has 0 saturated carbocycles. The summed E-state index contributed by atoms with van der Waals surface area (Å²) >= 11 is 0. The van der Waals surface area contributed by atoms with Gasteiger partial charge in [-0.15, -0.1) is 5.92 Å². The molecule has 1 fully saturated rings. The van der Waals surface area contributed by atoms with E-state index in [0.29, 0.717) is 0 Å². The fourth-order valence-electron chi connectivity index (χ4n) is 2.74. The Labute approximate surface area is 117 Å². The van der Waals surface area contributed by atoms with Crippen molar-refractivity contribution in [3.63, 3.8) is 0 Å². The Balaban J connectivity index is 2.04. The van der Waals surface area contributed by atoms with Gasteiger partial charge in [-0.25, -0.2) is 9.97 Å². The Morgan fingerprint density at radius 2 is 2.35 bits per heavy atom. The van der Waals surface area contributed by atoms with Gasteiger partial charge >= 0.3 is 0 Å². The molecule has 1 aliphatic rings. The molecule has 3 heterocycles. The average Bonchev–Trinajstić information content (AvgIpc) is 3.03. The third-order valence-corrected chi connectivity index (χ3v) is 3.71. The van der Waals surface area contributed by atoms with Crippen molar-refractivity contribution in [1.82, 2.24) is 14.5 Å². The van der Waals surface area contributed by atoms with E-state index in [2.05, 4.69) is 21.8 Å². The number of aryl methyl sites for hydroxylation is 1. The number of ether oxygens (including phenoxy) is 1. The van der Waals surface area contributed by atoms with Crippen LogP contribution in [0.5, 0.6) is 0 Å². The summed E-state index contributed by atoms with van der Waals surface area (Å²) < 4.78 is 7.91. The van der Waals surface area contributed by atoms with Crippen molar-refractivity contribution in [2.45, 2.75) is 32.6 Å². The predicted octanol–water partition coefficient (Wildman–Crippen LogP) is 1.66. The zero-order chi connectivity index (χ0) is 14.1. The van der Waals surface area contributed by atoms with E-state index in [1.807, 2.05) is 30.7 Å². The molecule has 0 bridgehead atoms. The summed E-state index contributed by atoms with van der Waals surface area (Å²) in [6.45, 7) is 3.80. The van der Waals surface area contributed by atoms with Crippen LogP contribution in [0.4, 0.5) is 0 Å². The second-order valence-electron chi connectivity index (χ2n) is 4.99. The van der Waals surface area contributed by atoms with Crippen molar-refractivity contribution in [3.8, 4) is 11.8 Å². The lowest BCUT2D eigenvalue weighted by Gasteiger charge is -2.17. The summed E-state index contributed by atoms with van der Waals surface area (Å²) in [5.41, 5.74) is 1.80. The van der Waals surface area contributed by atoms with Gasteiger partial charge in [-0.3, -0.25) is 0 Å². The quantitative estimate of drug-likeness (QED) is 0.844. The minimum Gasteiger partial charge on any atom is -0.394 e. The van der Waals surface area contributed by atoms with Gasteiger partial charge in [-0.1, -0.05) is 5.92 Å². The summed E-state index contributed by atoms with van der Waals surface area (Å²) in [4.78, 5) is 8.55. The molecule has 1 N–H and O–H groups in total. The molecule has 1 saturated heterocycles. The first-order chi connectivity index (χ1) is 9.74. The van der Waals surface area contributed by atoms with Crippen LogP contribution in [0.2, 0.25) is 0 Å². The lowest BCUT2D eigenvalue weighted by atomic mass is 10.0. The molecule has 2 aromatic heterocycles. The van der Waals surface area contributed by atoms with E-state index in [1.165, 1.54) is 0 Å². The summed E-state index contributed by atoms with van der Waals surface area (Å²) in [5, 5.41) is 10.3. The van der Waals surface area contributed by atoms with Crippen LogP contribution < -0.4 is 0 Å². The second-order valence-corrected chi connectivity index (χ2v) is 4.99. The first kappa shape index (κ1) is 13.1. The maximum Gasteiger partial charge on any atom is 0.149 e. The average molecular weight is 271 g/mol. The molecule has 0 amide bonds. The summed E-state index contributed by atoms with van der Waals surface area (Å²) in [7, 11) is 0. The van der Waals surface area contributed by atoms with Crippen molar-refractivity contribution in [3.05, 3.63) is 24.3 Å². The van der Waals surface area contributed by atoms with Gasteiger partial charge in [0.1, 0.15) is 18.2 Å². The first-order valence-corrected chi connectivity index (χ1v) is 6.71. The van der Waals surface area contributed by atoms with E-state index in [0.717, 1.165) is 23.1 Å². The fourth-order valence-corrected chi connectivity index (χ4v) is 2.74. The molecule has 0 aliphatic carbocycles. The number of hydrogen-bond donors (Lipinski definition) is 1. The Bertz CT molecular complexity index is 683. The highest BCUT2D eigenvalue weighted by molar-refractivity contribution is 5.78. The minimum absolute atomic E-state index is 0.0195. The molecule has 5 nitrogen and oxygen atoms in total. The van der Waals surface area contributed by atoms with E-state index in [9.17, 15) is 5.11 Å². The molecule has 3 rings (SSSR count). The fraction of sp³-hybridized carbons (Fsp3) is 0.467. The Hall–Kier alpha value is -1.90. The standard InChI is InChI=1S/C15H17N3O2/c1-3-4-11-7-12(8-19)20-15(11)18-6-5-13-10(2)16-9-17-14(13)18/h5-6,9,11-12,15,19H,7-8H2,1-2H3/t11-,12-,15+/m0/s1. The molecule has 0 spiro atoms. The lowest BCUT2D eigenvalue weighted by Crippen LogP contribution is -2.15. The van der Waals surface area contributed by atoms with Crippen LogP contribution in [0.15, 0.2) is 18.6 Å². The van der Waals surface area contributed by atoms with Crippen LogP contribution in [0.1, 0.15) is 25.3 Å². The van der Waals surface area contributed by atoms with Crippen molar-refractivity contribution < 1.29 is 9.84 Å². The normalized spacial score (nSPS) is 25.6. The summed E-state index contributed by atoms with van der Waals surface area (Å²) in [6.07, 6.45) is 3.90. The molecule has 0 aromatic carbocycles. The van der Waals surface area contributed by atoms with Crippen LogP contribution in [-0.4, -0.2) is 32.4 Å². The topological polar surface area (TPSA) is 60.2 Å². The summed E-state index contributed by atoms with van der Waals surface area (Å²) in [5.74, 6) is 6.20. The zero-order valence-electron chi connectivity index (χ0n) is 11.6. The van der Waals surface area contributed by atoms with E-state index in [-0.39, 0.29) is 24.9 Å². The van der Waals surface area contributed by atoms with Crippen LogP contribution >= 0.6 is 0 Å². The Morgan fingerprint density at radius 1 is 1.50 bits per heavy atom. The van der Waals surface area contributed by atoms with Crippen molar-refractivity contribution in [2.75, 3.05) is 6.61 Å². The maximum atomic E-state index is 9.32. The molecular formula is C15H17N3O2. The highest BCUT2D eigenvalue weighted by atomic mass is 16.5. The number of aromatic nitrogens is 3. The largest absolute Gasteiger partial charge is 0.394 e. The van der Waals surface area contributed by atoms with Crippen molar-refractivity contribution in [2.24, 2.45) is 5.92 Å². The minimum atomic E-state index is -0.202. The van der Waals surface area contributed by atoms with E-state index in [4.69, 9.17) is 4.74 Å². The Kier molecular flexibility index (Phi) is 3.43. The third-order valence-electron chi connectivity index (χ3n) is 3.71. The number of hydrogen-bond acceptors (Lipinski definition) is 4. The van der Waals surface area contributed by atoms with Gasteiger partial charge < -0.3 is 14.4 Å². The van der Waals surface area contributed by atoms with Gasteiger partial charge in [0, 0.05) is 11.6 Å². The molecule has 0 radical (unpaired) electrons. The van der Waals surface area contributed by atoms with Crippen LogP contribution in [0.25, 0.3) is 11.0 Å². The van der Waals surface area contributed by atoms with Crippen molar-refractivity contribution in [1.29, 1.82) is 0 Å². The smallest absolute Gasteiger partial charge is 0.149 e. The molecule has 5 heteroatoms. The van der Waals surface area contributed by atoms with Crippen LogP contribution in [0, 0.1) is 24.7 Å². The molecule has 104 valence electrons. The van der Waals surface area contributed by atoms with Crippen LogP contribution in [-0.2, 0) is 4.74 Å². The van der Waals surface area contributed by atoms with E-state index >= 15 is 0 Å². The highest BCUT2D eigenvalue weighted by Gasteiger charge is 2.35. The number of aliphatic hydroxyl groups is 1. The van der Waals surface area contributed by atoms with Gasteiger partial charge in [0.15, 0.2) is 0 Å². The highest BCUT2D eigenvalue weighted by Crippen LogP contribution is 2.36. The summed E-state index contributed by atoms with van der Waals surface area (Å²) in [6, 6.07) is 2.00. The van der Waals surface area contributed by atoms with Gasteiger partial charge in [0.05, 0.1) is 24.3 Å². The zero-order valence-corrected chi connectivity index (χ0v) is 11.6. The molecule has 2 aromatic rings. The molecule has 0 unspecified atom stereocenters. The number of aliphatic hydroxyl groups excluding tert-OH is 1. The van der Waals surface area contributed by atoms with Gasteiger partial charge in [0.25, 0.3) is 0 Å². The first-order valence-electron chi connectivity index (χ1n) is 6.71. The SMILES string of the molecule is CC#C[C@H]1C[C@@H](CO)O[C@H]1n1ccc2c(C)ncnc21. The molecule has 1 aliphatic heterocycles. The number of nitrogens with zero attached hydrogens (tertiary/aromatic N) is 3. The lowest BCUT2D eigenvalue weighted by molar-refractivity contribution is -0.0260. The third kappa shape index (κ3) is 2.07. The second kappa shape index (κ2) is 5.23. The predicted molar refractivity (Wildman–Crippen MR) is 74.8 cm³/mol. The Morgan fingerprint density at radius 3 is 3.10 bits per heavy atom. The molecule has 3 atom stereocenters. The molecule has 20 heavy (non-hydrogen) atoms. The van der Waals surface area contributed by atoms with E-state index in [1.54, 1.807) is 6.33 Å². The number of fused-ring (bicyclic) bond motifs is 1. The van der Waals surface area contributed by atoms with E-state index < -0.39 is 0 Å². The maximum absolute atomic E-state index is 9.32. The monoisotopic (exact) mass is 271 g/mol. The van der Waals surface area contributed by atoms with Crippen molar-refractivity contribution >= 4 is 11.0 Å². The van der Waals surface area contributed by atoms with Gasteiger partial charge in [-0.2, -0.15) is 0 Å². The van der Waals surface area contributed by atoms with Gasteiger partial charge in [-0.05, 0) is 26.3 Å². The van der Waals surface area contributed by atoms with Gasteiger partial charge in [0.2, 0.25) is 0 Å². The number of rotatable bonds is 2. The molecular weight excluding hydrogens is 254 g/mol. The van der Waals surface area contributed by atoms with Crippen LogP contribution in [0.3, 0.4) is 0 Å².